The van der Waals surface area contributed by atoms with Crippen LogP contribution in [0, 0.1) is 0 Å². The number of carbonyl (C=O) groups excluding carboxylic acids is 2. The average molecular weight is 289 g/mol. The Morgan fingerprint density at radius 1 is 1.38 bits per heavy atom. The molecule has 5 nitrogen and oxygen atoms in total. The molecule has 2 amide bonds. The molecule has 0 radical (unpaired) electrons. The standard InChI is InChI=1S/C16H23N3O2/c1-3-10-19(11-15(20)17-2)16(21)13-8-9-18-14-7-5-4-6-12(13)14/h4-7,13,18H,3,8-11H2,1-2H3,(H,17,20). The summed E-state index contributed by atoms with van der Waals surface area (Å²) in [5, 5.41) is 5.91. The Labute approximate surface area is 125 Å². The highest BCUT2D eigenvalue weighted by molar-refractivity contribution is 5.90. The second-order valence-electron chi connectivity index (χ2n) is 5.29. The normalized spacial score (nSPS) is 16.6. The molecule has 1 aromatic carbocycles. The van der Waals surface area contributed by atoms with Crippen molar-refractivity contribution in [1.82, 2.24) is 10.2 Å². The minimum atomic E-state index is -0.154. The molecule has 1 atom stereocenters. The molecule has 1 aromatic rings. The van der Waals surface area contributed by atoms with E-state index in [1.807, 2.05) is 31.2 Å². The van der Waals surface area contributed by atoms with Crippen LogP contribution in [0.15, 0.2) is 24.3 Å². The van der Waals surface area contributed by atoms with Crippen LogP contribution >= 0.6 is 0 Å². The van der Waals surface area contributed by atoms with Crippen LogP contribution in [0.4, 0.5) is 5.69 Å². The third-order valence-electron chi connectivity index (χ3n) is 3.80. The fourth-order valence-electron chi connectivity index (χ4n) is 2.73. The van der Waals surface area contributed by atoms with Gasteiger partial charge in [0.25, 0.3) is 0 Å². The Kier molecular flexibility index (Phi) is 5.20. The van der Waals surface area contributed by atoms with Crippen molar-refractivity contribution in [3.05, 3.63) is 29.8 Å². The maximum absolute atomic E-state index is 12.8. The Morgan fingerprint density at radius 2 is 2.14 bits per heavy atom. The number of nitrogens with one attached hydrogen (secondary N) is 2. The summed E-state index contributed by atoms with van der Waals surface area (Å²) in [5.74, 6) is -0.230. The first-order valence-corrected chi connectivity index (χ1v) is 7.49. The Hall–Kier alpha value is -2.04. The van der Waals surface area contributed by atoms with Gasteiger partial charge in [-0.25, -0.2) is 0 Å². The number of likely N-dealkylation sites (N-methyl/N-ethyl adjacent to an activating group) is 1. The molecule has 0 saturated heterocycles. The molecule has 1 aliphatic heterocycles. The van der Waals surface area contributed by atoms with Crippen LogP contribution in [0.25, 0.3) is 0 Å². The quantitative estimate of drug-likeness (QED) is 0.865. The highest BCUT2D eigenvalue weighted by Gasteiger charge is 2.30. The lowest BCUT2D eigenvalue weighted by Gasteiger charge is -2.31. The predicted octanol–water partition coefficient (Wildman–Crippen LogP) is 1.57. The number of carbonyl (C=O) groups is 2. The number of hydrogen-bond acceptors (Lipinski definition) is 3. The number of anilines is 1. The van der Waals surface area contributed by atoms with Gasteiger partial charge in [-0.3, -0.25) is 9.59 Å². The lowest BCUT2D eigenvalue weighted by atomic mass is 9.89. The van der Waals surface area contributed by atoms with Gasteiger partial charge in [-0.05, 0) is 24.5 Å². The molecule has 114 valence electrons. The van der Waals surface area contributed by atoms with E-state index in [0.717, 1.165) is 30.6 Å². The molecular weight excluding hydrogens is 266 g/mol. The molecule has 1 aliphatic rings. The van der Waals surface area contributed by atoms with Gasteiger partial charge in [-0.2, -0.15) is 0 Å². The summed E-state index contributed by atoms with van der Waals surface area (Å²) in [6.07, 6.45) is 1.61. The van der Waals surface area contributed by atoms with Gasteiger partial charge in [-0.15, -0.1) is 0 Å². The topological polar surface area (TPSA) is 61.4 Å². The fourth-order valence-corrected chi connectivity index (χ4v) is 2.73. The van der Waals surface area contributed by atoms with Crippen molar-refractivity contribution >= 4 is 17.5 Å². The van der Waals surface area contributed by atoms with Gasteiger partial charge in [0.2, 0.25) is 11.8 Å². The van der Waals surface area contributed by atoms with E-state index in [2.05, 4.69) is 10.6 Å². The maximum Gasteiger partial charge on any atom is 0.239 e. The summed E-state index contributed by atoms with van der Waals surface area (Å²) >= 11 is 0. The van der Waals surface area contributed by atoms with Crippen LogP contribution in [0.1, 0.15) is 31.2 Å². The van der Waals surface area contributed by atoms with Crippen molar-refractivity contribution in [1.29, 1.82) is 0 Å². The number of nitrogens with zero attached hydrogens (tertiary/aromatic N) is 1. The van der Waals surface area contributed by atoms with Gasteiger partial charge >= 0.3 is 0 Å². The Balaban J connectivity index is 2.19. The molecule has 2 N–H and O–H groups in total. The third-order valence-corrected chi connectivity index (χ3v) is 3.80. The third kappa shape index (κ3) is 3.54. The van der Waals surface area contributed by atoms with Gasteiger partial charge in [-0.1, -0.05) is 25.1 Å². The molecule has 1 unspecified atom stereocenters. The molecule has 0 aliphatic carbocycles. The highest BCUT2D eigenvalue weighted by Crippen LogP contribution is 2.32. The van der Waals surface area contributed by atoms with Gasteiger partial charge in [0.15, 0.2) is 0 Å². The average Bonchev–Trinajstić information content (AvgIpc) is 2.53. The van der Waals surface area contributed by atoms with E-state index in [1.54, 1.807) is 11.9 Å². The van der Waals surface area contributed by atoms with Gasteiger partial charge in [0.05, 0.1) is 12.5 Å². The SMILES string of the molecule is CCCN(CC(=O)NC)C(=O)C1CCNc2ccccc21. The second kappa shape index (κ2) is 7.11. The molecule has 2 rings (SSSR count). The van der Waals surface area contributed by atoms with Crippen molar-refractivity contribution in [2.24, 2.45) is 0 Å². The first kappa shape index (κ1) is 15.4. The van der Waals surface area contributed by atoms with Crippen molar-refractivity contribution in [3.8, 4) is 0 Å². The number of fused-ring (bicyclic) bond motifs is 1. The second-order valence-corrected chi connectivity index (χ2v) is 5.29. The molecule has 0 saturated carbocycles. The molecule has 0 bridgehead atoms. The number of benzene rings is 1. The Bertz CT molecular complexity index is 516. The summed E-state index contributed by atoms with van der Waals surface area (Å²) in [6, 6.07) is 7.91. The van der Waals surface area contributed by atoms with Crippen LogP contribution in [0.2, 0.25) is 0 Å². The zero-order valence-corrected chi connectivity index (χ0v) is 12.7. The van der Waals surface area contributed by atoms with Gasteiger partial charge < -0.3 is 15.5 Å². The minimum Gasteiger partial charge on any atom is -0.385 e. The van der Waals surface area contributed by atoms with E-state index in [1.165, 1.54) is 0 Å². The summed E-state index contributed by atoms with van der Waals surface area (Å²) in [4.78, 5) is 26.1. The van der Waals surface area contributed by atoms with Crippen molar-refractivity contribution in [3.63, 3.8) is 0 Å². The van der Waals surface area contributed by atoms with Crippen LogP contribution in [0.5, 0.6) is 0 Å². The molecule has 0 spiro atoms. The van der Waals surface area contributed by atoms with Crippen molar-refractivity contribution < 1.29 is 9.59 Å². The predicted molar refractivity (Wildman–Crippen MR) is 83.2 cm³/mol. The molecule has 5 heteroatoms. The monoisotopic (exact) mass is 289 g/mol. The zero-order chi connectivity index (χ0) is 15.2. The van der Waals surface area contributed by atoms with Crippen LogP contribution < -0.4 is 10.6 Å². The van der Waals surface area contributed by atoms with E-state index in [0.29, 0.717) is 6.54 Å². The molecule has 0 fully saturated rings. The van der Waals surface area contributed by atoms with Crippen molar-refractivity contribution in [2.75, 3.05) is 32.0 Å². The molecular formula is C16H23N3O2. The summed E-state index contributed by atoms with van der Waals surface area (Å²) in [5.41, 5.74) is 2.06. The summed E-state index contributed by atoms with van der Waals surface area (Å²) in [6.45, 7) is 3.54. The first-order chi connectivity index (χ1) is 10.2. The van der Waals surface area contributed by atoms with Crippen LogP contribution in [0.3, 0.4) is 0 Å². The summed E-state index contributed by atoms with van der Waals surface area (Å²) < 4.78 is 0. The van der Waals surface area contributed by atoms with Crippen molar-refractivity contribution in [2.45, 2.75) is 25.7 Å². The lowest BCUT2D eigenvalue weighted by molar-refractivity contribution is -0.137. The van der Waals surface area contributed by atoms with Crippen LogP contribution in [-0.4, -0.2) is 43.4 Å². The first-order valence-electron chi connectivity index (χ1n) is 7.49. The Morgan fingerprint density at radius 3 is 2.86 bits per heavy atom. The maximum atomic E-state index is 12.8. The van der Waals surface area contributed by atoms with E-state index in [9.17, 15) is 9.59 Å². The zero-order valence-electron chi connectivity index (χ0n) is 12.7. The van der Waals surface area contributed by atoms with E-state index >= 15 is 0 Å². The number of hydrogen-bond donors (Lipinski definition) is 2. The lowest BCUT2D eigenvalue weighted by Crippen LogP contribution is -2.43. The van der Waals surface area contributed by atoms with Gasteiger partial charge in [0.1, 0.15) is 0 Å². The van der Waals surface area contributed by atoms with Crippen LogP contribution in [-0.2, 0) is 9.59 Å². The molecule has 0 aromatic heterocycles. The number of amides is 2. The minimum absolute atomic E-state index is 0.0504. The molecule has 21 heavy (non-hydrogen) atoms. The molecule has 1 heterocycles. The fraction of sp³-hybridized carbons (Fsp3) is 0.500. The number of para-hydroxylation sites is 1. The largest absolute Gasteiger partial charge is 0.385 e. The van der Waals surface area contributed by atoms with Gasteiger partial charge in [0, 0.05) is 25.8 Å². The van der Waals surface area contributed by atoms with E-state index in [4.69, 9.17) is 0 Å². The van der Waals surface area contributed by atoms with E-state index < -0.39 is 0 Å². The smallest absolute Gasteiger partial charge is 0.239 e. The van der Waals surface area contributed by atoms with E-state index in [-0.39, 0.29) is 24.3 Å². The summed E-state index contributed by atoms with van der Waals surface area (Å²) in [7, 11) is 1.59. The number of rotatable bonds is 5. The highest BCUT2D eigenvalue weighted by atomic mass is 16.2.